The maximum atomic E-state index is 12.8. The molecule has 0 radical (unpaired) electrons. The number of benzene rings is 1. The number of carbonyl (C=O) groups is 1. The lowest BCUT2D eigenvalue weighted by atomic mass is 9.68. The molecule has 2 saturated heterocycles. The molecule has 1 saturated carbocycles. The van der Waals surface area contributed by atoms with E-state index in [-0.39, 0.29) is 11.5 Å². The minimum atomic E-state index is 0.108. The molecule has 4 aliphatic rings. The molecule has 25 heavy (non-hydrogen) atoms. The van der Waals surface area contributed by atoms with Gasteiger partial charge in [0, 0.05) is 24.5 Å². The SMILES string of the molecule is O=C(C1CC2(COCN2)C1)N1CCC(c2ccc3c(c2)C=CC3)CC1. The zero-order valence-corrected chi connectivity index (χ0v) is 14.7. The van der Waals surface area contributed by atoms with Crippen LogP contribution in [0.25, 0.3) is 6.08 Å². The second-order valence-electron chi connectivity index (χ2n) is 8.22. The molecular weight excluding hydrogens is 312 g/mol. The fourth-order valence-corrected chi connectivity index (χ4v) is 5.03. The van der Waals surface area contributed by atoms with Gasteiger partial charge in [-0.25, -0.2) is 0 Å². The summed E-state index contributed by atoms with van der Waals surface area (Å²) in [6, 6.07) is 6.95. The van der Waals surface area contributed by atoms with Crippen molar-refractivity contribution in [1.82, 2.24) is 10.2 Å². The number of likely N-dealkylation sites (tertiary alicyclic amines) is 1. The first-order chi connectivity index (χ1) is 12.2. The van der Waals surface area contributed by atoms with Gasteiger partial charge in [-0.2, -0.15) is 0 Å². The van der Waals surface area contributed by atoms with Crippen molar-refractivity contribution in [3.8, 4) is 0 Å². The van der Waals surface area contributed by atoms with Crippen LogP contribution < -0.4 is 5.32 Å². The van der Waals surface area contributed by atoms with E-state index in [0.29, 0.717) is 18.6 Å². The predicted octanol–water partition coefficient (Wildman–Crippen LogP) is 2.69. The number of hydrogen-bond donors (Lipinski definition) is 1. The Balaban J connectivity index is 1.17. The summed E-state index contributed by atoms with van der Waals surface area (Å²) in [4.78, 5) is 14.9. The van der Waals surface area contributed by atoms with Gasteiger partial charge >= 0.3 is 0 Å². The first-order valence-electron chi connectivity index (χ1n) is 9.63. The molecule has 132 valence electrons. The largest absolute Gasteiger partial charge is 0.364 e. The highest BCUT2D eigenvalue weighted by atomic mass is 16.5. The number of carbonyl (C=O) groups excluding carboxylic acids is 1. The van der Waals surface area contributed by atoms with Crippen LogP contribution in [-0.2, 0) is 16.0 Å². The minimum Gasteiger partial charge on any atom is -0.364 e. The van der Waals surface area contributed by atoms with Gasteiger partial charge in [0.25, 0.3) is 0 Å². The molecule has 0 aromatic heterocycles. The Hall–Kier alpha value is -1.65. The van der Waals surface area contributed by atoms with Gasteiger partial charge in [0.05, 0.1) is 13.3 Å². The number of nitrogens with zero attached hydrogens (tertiary/aromatic N) is 1. The van der Waals surface area contributed by atoms with Crippen molar-refractivity contribution < 1.29 is 9.53 Å². The van der Waals surface area contributed by atoms with E-state index >= 15 is 0 Å². The molecule has 5 rings (SSSR count). The Bertz CT molecular complexity index is 705. The van der Waals surface area contributed by atoms with Crippen LogP contribution in [0.1, 0.15) is 48.3 Å². The number of piperidine rings is 1. The van der Waals surface area contributed by atoms with E-state index in [1.165, 1.54) is 16.7 Å². The fraction of sp³-hybridized carbons (Fsp3) is 0.571. The van der Waals surface area contributed by atoms with Crippen molar-refractivity contribution in [1.29, 1.82) is 0 Å². The van der Waals surface area contributed by atoms with E-state index in [1.807, 2.05) is 0 Å². The molecule has 1 aromatic rings. The van der Waals surface area contributed by atoms with Crippen molar-refractivity contribution >= 4 is 12.0 Å². The molecule has 0 atom stereocenters. The molecule has 3 fully saturated rings. The van der Waals surface area contributed by atoms with E-state index in [9.17, 15) is 4.79 Å². The average Bonchev–Trinajstić information content (AvgIpc) is 3.28. The van der Waals surface area contributed by atoms with Crippen LogP contribution in [0.15, 0.2) is 24.3 Å². The highest BCUT2D eigenvalue weighted by Crippen LogP contribution is 2.42. The first-order valence-corrected chi connectivity index (χ1v) is 9.63. The Morgan fingerprint density at radius 3 is 2.84 bits per heavy atom. The Morgan fingerprint density at radius 2 is 2.08 bits per heavy atom. The highest BCUT2D eigenvalue weighted by molar-refractivity contribution is 5.80. The van der Waals surface area contributed by atoms with Gasteiger partial charge in [-0.3, -0.25) is 10.1 Å². The monoisotopic (exact) mass is 338 g/mol. The van der Waals surface area contributed by atoms with Gasteiger partial charge in [-0.15, -0.1) is 0 Å². The molecule has 4 heteroatoms. The molecule has 2 heterocycles. The minimum absolute atomic E-state index is 0.108. The van der Waals surface area contributed by atoms with Gasteiger partial charge < -0.3 is 9.64 Å². The van der Waals surface area contributed by atoms with Gasteiger partial charge in [0.15, 0.2) is 0 Å². The quantitative estimate of drug-likeness (QED) is 0.901. The number of rotatable bonds is 2. The lowest BCUT2D eigenvalue weighted by molar-refractivity contribution is -0.142. The van der Waals surface area contributed by atoms with E-state index in [2.05, 4.69) is 40.6 Å². The predicted molar refractivity (Wildman–Crippen MR) is 97.1 cm³/mol. The molecule has 4 nitrogen and oxygen atoms in total. The first kappa shape index (κ1) is 15.6. The molecule has 1 spiro atoms. The van der Waals surface area contributed by atoms with Crippen LogP contribution >= 0.6 is 0 Å². The second-order valence-corrected chi connectivity index (χ2v) is 8.22. The number of fused-ring (bicyclic) bond motifs is 1. The van der Waals surface area contributed by atoms with E-state index in [4.69, 9.17) is 4.74 Å². The molecule has 1 aromatic carbocycles. The normalized spacial score (nSPS) is 31.4. The summed E-state index contributed by atoms with van der Waals surface area (Å²) >= 11 is 0. The van der Waals surface area contributed by atoms with E-state index < -0.39 is 0 Å². The van der Waals surface area contributed by atoms with Gasteiger partial charge in [-0.05, 0) is 54.7 Å². The molecule has 1 amide bonds. The summed E-state index contributed by atoms with van der Waals surface area (Å²) in [6.45, 7) is 3.22. The lowest BCUT2D eigenvalue weighted by Gasteiger charge is -2.45. The van der Waals surface area contributed by atoms with Crippen molar-refractivity contribution in [2.24, 2.45) is 5.92 Å². The Labute approximate surface area is 149 Å². The molecular formula is C21H26N2O2. The van der Waals surface area contributed by atoms with Crippen molar-refractivity contribution in [2.75, 3.05) is 26.4 Å². The molecule has 2 aliphatic heterocycles. The van der Waals surface area contributed by atoms with Crippen LogP contribution in [0.2, 0.25) is 0 Å². The summed E-state index contributed by atoms with van der Waals surface area (Å²) in [6.07, 6.45) is 9.63. The number of amides is 1. The van der Waals surface area contributed by atoms with Crippen LogP contribution in [0, 0.1) is 5.92 Å². The number of allylic oxidation sites excluding steroid dienone is 1. The molecule has 0 bridgehead atoms. The molecule has 0 unspecified atom stereocenters. The Morgan fingerprint density at radius 1 is 1.24 bits per heavy atom. The molecule has 1 N–H and O–H groups in total. The van der Waals surface area contributed by atoms with Crippen molar-refractivity contribution in [2.45, 2.75) is 43.6 Å². The van der Waals surface area contributed by atoms with Gasteiger partial charge in [-0.1, -0.05) is 30.4 Å². The third-order valence-corrected chi connectivity index (χ3v) is 6.63. The van der Waals surface area contributed by atoms with E-state index in [0.717, 1.165) is 51.8 Å². The summed E-state index contributed by atoms with van der Waals surface area (Å²) in [7, 11) is 0. The fourth-order valence-electron chi connectivity index (χ4n) is 5.03. The topological polar surface area (TPSA) is 41.6 Å². The number of ether oxygens (including phenoxy) is 1. The van der Waals surface area contributed by atoms with Gasteiger partial charge in [0.1, 0.15) is 0 Å². The maximum absolute atomic E-state index is 12.8. The third-order valence-electron chi connectivity index (χ3n) is 6.63. The summed E-state index contributed by atoms with van der Waals surface area (Å²) in [5, 5.41) is 3.41. The van der Waals surface area contributed by atoms with Crippen LogP contribution in [0.3, 0.4) is 0 Å². The zero-order valence-electron chi connectivity index (χ0n) is 14.7. The summed E-state index contributed by atoms with van der Waals surface area (Å²) < 4.78 is 5.43. The van der Waals surface area contributed by atoms with Crippen LogP contribution in [-0.4, -0.2) is 42.8 Å². The second kappa shape index (κ2) is 5.96. The smallest absolute Gasteiger partial charge is 0.225 e. The highest BCUT2D eigenvalue weighted by Gasteiger charge is 2.50. The van der Waals surface area contributed by atoms with Crippen LogP contribution in [0.4, 0.5) is 0 Å². The summed E-state index contributed by atoms with van der Waals surface area (Å²) in [5.74, 6) is 1.17. The average molecular weight is 338 g/mol. The maximum Gasteiger partial charge on any atom is 0.225 e. The Kier molecular flexibility index (Phi) is 3.72. The lowest BCUT2D eigenvalue weighted by Crippen LogP contribution is -2.58. The standard InChI is InChI=1S/C21H26N2O2/c24-20(19-11-21(12-19)13-25-14-22-21)23-8-6-16(7-9-23)18-5-4-15-2-1-3-17(15)10-18/h1,3-5,10,16,19,22H,2,6-9,11-14H2. The number of hydrogen-bond acceptors (Lipinski definition) is 3. The molecule has 2 aliphatic carbocycles. The zero-order chi connectivity index (χ0) is 16.9. The van der Waals surface area contributed by atoms with Crippen molar-refractivity contribution in [3.05, 3.63) is 41.0 Å². The third kappa shape index (κ3) is 2.72. The van der Waals surface area contributed by atoms with Crippen LogP contribution in [0.5, 0.6) is 0 Å². The van der Waals surface area contributed by atoms with E-state index in [1.54, 1.807) is 0 Å². The van der Waals surface area contributed by atoms with Gasteiger partial charge in [0.2, 0.25) is 5.91 Å². The number of nitrogens with one attached hydrogen (secondary N) is 1. The van der Waals surface area contributed by atoms with Crippen molar-refractivity contribution in [3.63, 3.8) is 0 Å². The summed E-state index contributed by atoms with van der Waals surface area (Å²) in [5.41, 5.74) is 4.39.